The van der Waals surface area contributed by atoms with Gasteiger partial charge in [-0.15, -0.1) is 0 Å². The third-order valence-electron chi connectivity index (χ3n) is 2.60. The fourth-order valence-electron chi connectivity index (χ4n) is 1.68. The number of ether oxygens (including phenoxy) is 1. The number of unbranched alkanes of at least 4 members (excludes halogenated alkanes) is 2. The molecule has 0 spiro atoms. The van der Waals surface area contributed by atoms with E-state index in [2.05, 4.69) is 26.0 Å². The molecular formula is C12H22O. The van der Waals surface area contributed by atoms with E-state index in [9.17, 15) is 0 Å². The number of epoxide rings is 1. The Morgan fingerprint density at radius 1 is 1.08 bits per heavy atom. The van der Waals surface area contributed by atoms with E-state index in [1.54, 1.807) is 0 Å². The molecule has 0 aromatic heterocycles. The molecule has 0 saturated carbocycles. The maximum atomic E-state index is 5.48. The van der Waals surface area contributed by atoms with Crippen molar-refractivity contribution in [3.8, 4) is 0 Å². The van der Waals surface area contributed by atoms with E-state index in [1.807, 2.05) is 0 Å². The maximum absolute atomic E-state index is 5.48. The van der Waals surface area contributed by atoms with Gasteiger partial charge >= 0.3 is 0 Å². The third kappa shape index (κ3) is 4.47. The van der Waals surface area contributed by atoms with E-state index in [0.29, 0.717) is 12.2 Å². The van der Waals surface area contributed by atoms with Crippen LogP contribution in [0, 0.1) is 0 Å². The summed E-state index contributed by atoms with van der Waals surface area (Å²) in [6.45, 7) is 4.38. The van der Waals surface area contributed by atoms with Gasteiger partial charge in [0.25, 0.3) is 0 Å². The van der Waals surface area contributed by atoms with Crippen LogP contribution in [-0.2, 0) is 4.74 Å². The van der Waals surface area contributed by atoms with Crippen LogP contribution in [0.25, 0.3) is 0 Å². The molecule has 0 N–H and O–H groups in total. The van der Waals surface area contributed by atoms with E-state index in [1.165, 1.54) is 38.5 Å². The highest BCUT2D eigenvalue weighted by Gasteiger charge is 2.35. The van der Waals surface area contributed by atoms with Crippen molar-refractivity contribution in [1.29, 1.82) is 0 Å². The van der Waals surface area contributed by atoms with Crippen LogP contribution in [0.15, 0.2) is 12.2 Å². The van der Waals surface area contributed by atoms with Crippen LogP contribution in [0.2, 0.25) is 0 Å². The average Bonchev–Trinajstić information content (AvgIpc) is 2.90. The van der Waals surface area contributed by atoms with Crippen LogP contribution in [-0.4, -0.2) is 12.2 Å². The number of allylic oxidation sites excluding steroid dienone is 2. The predicted octanol–water partition coefficient (Wildman–Crippen LogP) is 3.69. The Balaban J connectivity index is 1.83. The van der Waals surface area contributed by atoms with E-state index in [0.717, 1.165) is 0 Å². The van der Waals surface area contributed by atoms with E-state index in [-0.39, 0.29) is 0 Å². The van der Waals surface area contributed by atoms with Gasteiger partial charge in [0.1, 0.15) is 0 Å². The van der Waals surface area contributed by atoms with Gasteiger partial charge in [0.2, 0.25) is 0 Å². The molecule has 0 radical (unpaired) electrons. The molecule has 2 atom stereocenters. The second-order valence-corrected chi connectivity index (χ2v) is 3.79. The highest BCUT2D eigenvalue weighted by molar-refractivity contribution is 4.84. The molecule has 0 aromatic rings. The summed E-state index contributed by atoms with van der Waals surface area (Å²) in [4.78, 5) is 0. The van der Waals surface area contributed by atoms with Gasteiger partial charge in [-0.05, 0) is 32.1 Å². The number of rotatable bonds is 7. The zero-order valence-electron chi connectivity index (χ0n) is 8.96. The Bertz CT molecular complexity index is 151. The molecule has 13 heavy (non-hydrogen) atoms. The zero-order valence-corrected chi connectivity index (χ0v) is 8.96. The van der Waals surface area contributed by atoms with Crippen molar-refractivity contribution in [2.45, 2.75) is 64.6 Å². The van der Waals surface area contributed by atoms with Crippen molar-refractivity contribution in [3.63, 3.8) is 0 Å². The van der Waals surface area contributed by atoms with Gasteiger partial charge in [-0.1, -0.05) is 32.4 Å². The van der Waals surface area contributed by atoms with Crippen molar-refractivity contribution in [1.82, 2.24) is 0 Å². The smallest absolute Gasteiger partial charge is 0.0841 e. The summed E-state index contributed by atoms with van der Waals surface area (Å²) < 4.78 is 5.48. The fraction of sp³-hybridized carbons (Fsp3) is 0.833. The molecule has 1 rings (SSSR count). The lowest BCUT2D eigenvalue weighted by molar-refractivity contribution is 0.356. The monoisotopic (exact) mass is 182 g/mol. The lowest BCUT2D eigenvalue weighted by atomic mass is 10.1. The van der Waals surface area contributed by atoms with Gasteiger partial charge in [0.05, 0.1) is 12.2 Å². The molecule has 0 aromatic carbocycles. The topological polar surface area (TPSA) is 12.5 Å². The van der Waals surface area contributed by atoms with Crippen LogP contribution in [0.4, 0.5) is 0 Å². The Morgan fingerprint density at radius 2 is 1.92 bits per heavy atom. The second-order valence-electron chi connectivity index (χ2n) is 3.79. The van der Waals surface area contributed by atoms with Crippen molar-refractivity contribution in [3.05, 3.63) is 12.2 Å². The second kappa shape index (κ2) is 6.20. The minimum atomic E-state index is 0.603. The van der Waals surface area contributed by atoms with Gasteiger partial charge < -0.3 is 4.74 Å². The van der Waals surface area contributed by atoms with Crippen LogP contribution in [0.5, 0.6) is 0 Å². The third-order valence-corrected chi connectivity index (χ3v) is 2.60. The fourth-order valence-corrected chi connectivity index (χ4v) is 1.68. The van der Waals surface area contributed by atoms with Crippen LogP contribution in [0.3, 0.4) is 0 Å². The first-order valence-electron chi connectivity index (χ1n) is 5.69. The van der Waals surface area contributed by atoms with Crippen LogP contribution >= 0.6 is 0 Å². The SMILES string of the molecule is CC/C=C\CCCCC1OC1CC. The summed E-state index contributed by atoms with van der Waals surface area (Å²) in [5.74, 6) is 0. The summed E-state index contributed by atoms with van der Waals surface area (Å²) >= 11 is 0. The Hall–Kier alpha value is -0.300. The number of hydrogen-bond donors (Lipinski definition) is 0. The largest absolute Gasteiger partial charge is 0.370 e. The van der Waals surface area contributed by atoms with Gasteiger partial charge in [-0.3, -0.25) is 0 Å². The minimum Gasteiger partial charge on any atom is -0.370 e. The highest BCUT2D eigenvalue weighted by atomic mass is 16.6. The molecule has 1 fully saturated rings. The summed E-state index contributed by atoms with van der Waals surface area (Å²) in [5.41, 5.74) is 0. The quantitative estimate of drug-likeness (QED) is 0.332. The predicted molar refractivity (Wildman–Crippen MR) is 56.9 cm³/mol. The summed E-state index contributed by atoms with van der Waals surface area (Å²) in [6, 6.07) is 0. The maximum Gasteiger partial charge on any atom is 0.0841 e. The normalized spacial score (nSPS) is 26.9. The highest BCUT2D eigenvalue weighted by Crippen LogP contribution is 2.29. The molecular weight excluding hydrogens is 160 g/mol. The first-order valence-corrected chi connectivity index (χ1v) is 5.69. The first-order chi connectivity index (χ1) is 6.38. The molecule has 76 valence electrons. The van der Waals surface area contributed by atoms with Crippen molar-refractivity contribution in [2.24, 2.45) is 0 Å². The molecule has 1 saturated heterocycles. The number of hydrogen-bond acceptors (Lipinski definition) is 1. The molecule has 1 heteroatoms. The van der Waals surface area contributed by atoms with Crippen LogP contribution < -0.4 is 0 Å². The van der Waals surface area contributed by atoms with Gasteiger partial charge in [-0.2, -0.15) is 0 Å². The molecule has 1 nitrogen and oxygen atoms in total. The summed E-state index contributed by atoms with van der Waals surface area (Å²) in [6.07, 6.45) is 13.3. The molecule has 1 aliphatic rings. The molecule has 1 aliphatic heterocycles. The van der Waals surface area contributed by atoms with Gasteiger partial charge in [0.15, 0.2) is 0 Å². The lowest BCUT2D eigenvalue weighted by Gasteiger charge is -1.94. The Kier molecular flexibility index (Phi) is 5.14. The minimum absolute atomic E-state index is 0.603. The van der Waals surface area contributed by atoms with Crippen molar-refractivity contribution < 1.29 is 4.74 Å². The first kappa shape index (κ1) is 10.8. The Labute approximate surface area is 82.2 Å². The van der Waals surface area contributed by atoms with Crippen molar-refractivity contribution >= 4 is 0 Å². The van der Waals surface area contributed by atoms with Gasteiger partial charge in [0, 0.05) is 0 Å². The van der Waals surface area contributed by atoms with E-state index in [4.69, 9.17) is 4.74 Å². The summed E-state index contributed by atoms with van der Waals surface area (Å²) in [7, 11) is 0. The molecule has 1 heterocycles. The summed E-state index contributed by atoms with van der Waals surface area (Å²) in [5, 5.41) is 0. The van der Waals surface area contributed by atoms with E-state index < -0.39 is 0 Å². The lowest BCUT2D eigenvalue weighted by Crippen LogP contribution is -1.91. The molecule has 0 amide bonds. The average molecular weight is 182 g/mol. The van der Waals surface area contributed by atoms with Gasteiger partial charge in [-0.25, -0.2) is 0 Å². The van der Waals surface area contributed by atoms with Crippen LogP contribution in [0.1, 0.15) is 52.4 Å². The molecule has 2 unspecified atom stereocenters. The standard InChI is InChI=1S/C12H22O/c1-3-5-6-7-8-9-10-12-11(4-2)13-12/h5-6,11-12H,3-4,7-10H2,1-2H3/b6-5-. The van der Waals surface area contributed by atoms with E-state index >= 15 is 0 Å². The zero-order chi connectivity index (χ0) is 9.52. The molecule has 0 bridgehead atoms. The Morgan fingerprint density at radius 3 is 2.54 bits per heavy atom. The molecule has 0 aliphatic carbocycles. The van der Waals surface area contributed by atoms with Crippen molar-refractivity contribution in [2.75, 3.05) is 0 Å².